The van der Waals surface area contributed by atoms with E-state index in [9.17, 15) is 5.11 Å². The molecule has 6 aromatic rings. The van der Waals surface area contributed by atoms with E-state index in [1.165, 1.54) is 6.20 Å². The average molecular weight is 395 g/mol. The van der Waals surface area contributed by atoms with Crippen molar-refractivity contribution in [3.8, 4) is 39.8 Å². The first-order chi connectivity index (χ1) is 14.8. The number of rotatable bonds is 3. The standard InChI is InChI=1S/C21H13N7O2/c29-13-7-12(8-22-9-13)14-1-2-16-19(24-14)20(28-27-16)21-25-15-3-5-23-17(18(15)26-21)11-4-6-30-10-11/h1-10,29H,(H,25,26)(H,27,28). The lowest BCUT2D eigenvalue weighted by Crippen LogP contribution is -1.88. The maximum atomic E-state index is 9.73. The Morgan fingerprint density at radius 1 is 0.900 bits per heavy atom. The van der Waals surface area contributed by atoms with Gasteiger partial charge in [-0.2, -0.15) is 5.10 Å². The molecule has 0 spiro atoms. The Kier molecular flexibility index (Phi) is 3.42. The number of hydrogen-bond donors (Lipinski definition) is 3. The highest BCUT2D eigenvalue weighted by molar-refractivity contribution is 5.94. The maximum Gasteiger partial charge on any atom is 0.161 e. The molecule has 3 N–H and O–H groups in total. The van der Waals surface area contributed by atoms with Gasteiger partial charge in [0.25, 0.3) is 0 Å². The molecule has 0 aliphatic rings. The monoisotopic (exact) mass is 395 g/mol. The van der Waals surface area contributed by atoms with E-state index in [0.29, 0.717) is 28.3 Å². The third-order valence-corrected chi connectivity index (χ3v) is 4.85. The van der Waals surface area contributed by atoms with Crippen LogP contribution >= 0.6 is 0 Å². The van der Waals surface area contributed by atoms with Crippen molar-refractivity contribution in [1.82, 2.24) is 35.1 Å². The van der Waals surface area contributed by atoms with Crippen LogP contribution < -0.4 is 0 Å². The Morgan fingerprint density at radius 2 is 1.83 bits per heavy atom. The molecule has 0 radical (unpaired) electrons. The van der Waals surface area contributed by atoms with Crippen LogP contribution in [0.5, 0.6) is 5.75 Å². The van der Waals surface area contributed by atoms with Gasteiger partial charge >= 0.3 is 0 Å². The number of furan rings is 1. The van der Waals surface area contributed by atoms with Gasteiger partial charge < -0.3 is 14.5 Å². The van der Waals surface area contributed by atoms with Crippen LogP contribution in [-0.2, 0) is 0 Å². The molecule has 0 unspecified atom stereocenters. The van der Waals surface area contributed by atoms with Gasteiger partial charge in [-0.3, -0.25) is 15.1 Å². The molecule has 0 atom stereocenters. The lowest BCUT2D eigenvalue weighted by molar-refractivity contribution is 0.473. The highest BCUT2D eigenvalue weighted by Gasteiger charge is 2.17. The average Bonchev–Trinajstić information content (AvgIpc) is 3.51. The van der Waals surface area contributed by atoms with Crippen molar-refractivity contribution in [3.63, 3.8) is 0 Å². The van der Waals surface area contributed by atoms with E-state index < -0.39 is 0 Å². The lowest BCUT2D eigenvalue weighted by Gasteiger charge is -2.01. The fourth-order valence-corrected chi connectivity index (χ4v) is 3.45. The van der Waals surface area contributed by atoms with Gasteiger partial charge in [0.1, 0.15) is 22.5 Å². The zero-order valence-electron chi connectivity index (χ0n) is 15.4. The number of nitrogens with zero attached hydrogens (tertiary/aromatic N) is 5. The quantitative estimate of drug-likeness (QED) is 0.414. The molecule has 9 heteroatoms. The number of imidazole rings is 1. The first-order valence-electron chi connectivity index (χ1n) is 9.13. The molecule has 0 aliphatic carbocycles. The minimum Gasteiger partial charge on any atom is -0.506 e. The highest BCUT2D eigenvalue weighted by Crippen LogP contribution is 2.31. The van der Waals surface area contributed by atoms with E-state index in [2.05, 4.69) is 25.1 Å². The van der Waals surface area contributed by atoms with E-state index in [1.807, 2.05) is 24.3 Å². The van der Waals surface area contributed by atoms with Crippen LogP contribution in [0.1, 0.15) is 0 Å². The molecule has 0 amide bonds. The maximum absolute atomic E-state index is 9.73. The van der Waals surface area contributed by atoms with Crippen molar-refractivity contribution in [2.45, 2.75) is 0 Å². The van der Waals surface area contributed by atoms with Gasteiger partial charge in [0, 0.05) is 23.5 Å². The van der Waals surface area contributed by atoms with E-state index in [1.54, 1.807) is 31.0 Å². The summed E-state index contributed by atoms with van der Waals surface area (Å²) in [6.45, 7) is 0. The largest absolute Gasteiger partial charge is 0.506 e. The third kappa shape index (κ3) is 2.53. The van der Waals surface area contributed by atoms with Gasteiger partial charge in [0.05, 0.1) is 35.5 Å². The van der Waals surface area contributed by atoms with Crippen molar-refractivity contribution in [1.29, 1.82) is 0 Å². The molecule has 0 saturated heterocycles. The second kappa shape index (κ2) is 6.24. The SMILES string of the molecule is Oc1cncc(-c2ccc3[nH]nc(-c4nc5c(-c6ccoc6)nccc5[nH]4)c3n2)c1. The number of pyridine rings is 3. The van der Waals surface area contributed by atoms with Gasteiger partial charge in [0.15, 0.2) is 11.5 Å². The highest BCUT2D eigenvalue weighted by atomic mass is 16.3. The van der Waals surface area contributed by atoms with Crippen molar-refractivity contribution in [3.05, 3.63) is 61.4 Å². The molecule has 6 heterocycles. The predicted molar refractivity (Wildman–Crippen MR) is 109 cm³/mol. The van der Waals surface area contributed by atoms with Crippen LogP contribution in [0, 0.1) is 0 Å². The summed E-state index contributed by atoms with van der Waals surface area (Å²) in [4.78, 5) is 21.3. The molecule has 6 aromatic heterocycles. The van der Waals surface area contributed by atoms with Crippen molar-refractivity contribution >= 4 is 22.1 Å². The minimum absolute atomic E-state index is 0.0818. The Balaban J connectivity index is 1.52. The van der Waals surface area contributed by atoms with Crippen LogP contribution in [-0.4, -0.2) is 40.2 Å². The Hall–Kier alpha value is -4.53. The van der Waals surface area contributed by atoms with Crippen LogP contribution in [0.4, 0.5) is 0 Å². The molecule has 0 saturated carbocycles. The van der Waals surface area contributed by atoms with Crippen molar-refractivity contribution in [2.24, 2.45) is 0 Å². The lowest BCUT2D eigenvalue weighted by atomic mass is 10.1. The molecule has 0 bridgehead atoms. The number of H-pyrrole nitrogens is 2. The van der Waals surface area contributed by atoms with Crippen LogP contribution in [0.2, 0.25) is 0 Å². The van der Waals surface area contributed by atoms with E-state index in [-0.39, 0.29) is 5.75 Å². The summed E-state index contributed by atoms with van der Waals surface area (Å²) >= 11 is 0. The summed E-state index contributed by atoms with van der Waals surface area (Å²) in [6.07, 6.45) is 7.99. The normalized spacial score (nSPS) is 11.5. The molecular weight excluding hydrogens is 382 g/mol. The molecule has 0 aliphatic heterocycles. The predicted octanol–water partition coefficient (Wildman–Crippen LogP) is 3.92. The number of hydrogen-bond acceptors (Lipinski definition) is 7. The summed E-state index contributed by atoms with van der Waals surface area (Å²) in [5.41, 5.74) is 6.53. The molecule has 30 heavy (non-hydrogen) atoms. The second-order valence-electron chi connectivity index (χ2n) is 6.75. The molecule has 6 rings (SSSR count). The Bertz CT molecular complexity index is 1520. The molecule has 144 valence electrons. The molecule has 9 nitrogen and oxygen atoms in total. The van der Waals surface area contributed by atoms with Gasteiger partial charge in [-0.05, 0) is 30.3 Å². The van der Waals surface area contributed by atoms with Crippen LogP contribution in [0.3, 0.4) is 0 Å². The fourth-order valence-electron chi connectivity index (χ4n) is 3.45. The summed E-state index contributed by atoms with van der Waals surface area (Å²) in [6, 6.07) is 9.06. The zero-order chi connectivity index (χ0) is 20.1. The first-order valence-corrected chi connectivity index (χ1v) is 9.13. The van der Waals surface area contributed by atoms with Crippen LogP contribution in [0.15, 0.2) is 65.9 Å². The second-order valence-corrected chi connectivity index (χ2v) is 6.75. The minimum atomic E-state index is 0.0818. The smallest absolute Gasteiger partial charge is 0.161 e. The number of aromatic hydroxyl groups is 1. The summed E-state index contributed by atoms with van der Waals surface area (Å²) in [5, 5.41) is 17.1. The molecule has 0 aromatic carbocycles. The van der Waals surface area contributed by atoms with Gasteiger partial charge in [-0.1, -0.05) is 0 Å². The molecule has 0 fully saturated rings. The van der Waals surface area contributed by atoms with E-state index in [0.717, 1.165) is 27.8 Å². The number of fused-ring (bicyclic) bond motifs is 2. The van der Waals surface area contributed by atoms with Gasteiger partial charge in [0.2, 0.25) is 0 Å². The number of aromatic amines is 2. The van der Waals surface area contributed by atoms with Crippen molar-refractivity contribution < 1.29 is 9.52 Å². The van der Waals surface area contributed by atoms with E-state index in [4.69, 9.17) is 14.4 Å². The Labute approximate surface area is 168 Å². The fraction of sp³-hybridized carbons (Fsp3) is 0. The van der Waals surface area contributed by atoms with Crippen LogP contribution in [0.25, 0.3) is 56.1 Å². The number of nitrogens with one attached hydrogen (secondary N) is 2. The third-order valence-electron chi connectivity index (χ3n) is 4.85. The molecular formula is C21H13N7O2. The first kappa shape index (κ1) is 16.4. The zero-order valence-corrected chi connectivity index (χ0v) is 15.4. The van der Waals surface area contributed by atoms with Crippen molar-refractivity contribution in [2.75, 3.05) is 0 Å². The van der Waals surface area contributed by atoms with Gasteiger partial charge in [-0.15, -0.1) is 0 Å². The summed E-state index contributed by atoms with van der Waals surface area (Å²) in [5.74, 6) is 0.658. The summed E-state index contributed by atoms with van der Waals surface area (Å²) in [7, 11) is 0. The van der Waals surface area contributed by atoms with Gasteiger partial charge in [-0.25, -0.2) is 9.97 Å². The van der Waals surface area contributed by atoms with E-state index >= 15 is 0 Å². The number of aromatic nitrogens is 7. The Morgan fingerprint density at radius 3 is 2.70 bits per heavy atom. The summed E-state index contributed by atoms with van der Waals surface area (Å²) < 4.78 is 5.19. The topological polar surface area (TPSA) is 129 Å².